The Labute approximate surface area is 136 Å². The van der Waals surface area contributed by atoms with Gasteiger partial charge in [-0.15, -0.1) is 0 Å². The van der Waals surface area contributed by atoms with E-state index < -0.39 is 0 Å². The SMILES string of the molecule is CS[C@@H]1CCC[C@H]1NC(=O)N[C@@H]1CCN(c2cnn(C)c2)C1. The van der Waals surface area contributed by atoms with Crippen molar-refractivity contribution in [1.82, 2.24) is 20.4 Å². The largest absolute Gasteiger partial charge is 0.367 e. The number of aromatic nitrogens is 2. The minimum Gasteiger partial charge on any atom is -0.367 e. The van der Waals surface area contributed by atoms with E-state index in [1.165, 1.54) is 12.8 Å². The Morgan fingerprint density at radius 1 is 1.36 bits per heavy atom. The van der Waals surface area contributed by atoms with Gasteiger partial charge in [-0.3, -0.25) is 4.68 Å². The van der Waals surface area contributed by atoms with Gasteiger partial charge in [0, 0.05) is 43.7 Å². The van der Waals surface area contributed by atoms with Crippen LogP contribution in [0.5, 0.6) is 0 Å². The van der Waals surface area contributed by atoms with Crippen LogP contribution >= 0.6 is 11.8 Å². The Balaban J connectivity index is 1.46. The third kappa shape index (κ3) is 3.51. The zero-order valence-electron chi connectivity index (χ0n) is 13.3. The van der Waals surface area contributed by atoms with Gasteiger partial charge in [0.25, 0.3) is 0 Å². The van der Waals surface area contributed by atoms with Gasteiger partial charge in [-0.05, 0) is 25.5 Å². The van der Waals surface area contributed by atoms with Crippen LogP contribution in [0.4, 0.5) is 10.5 Å². The highest BCUT2D eigenvalue weighted by atomic mass is 32.2. The molecule has 3 rings (SSSR count). The number of urea groups is 1. The summed E-state index contributed by atoms with van der Waals surface area (Å²) in [5.74, 6) is 0. The maximum Gasteiger partial charge on any atom is 0.315 e. The van der Waals surface area contributed by atoms with Gasteiger partial charge in [0.1, 0.15) is 0 Å². The number of nitrogens with zero attached hydrogens (tertiary/aromatic N) is 3. The van der Waals surface area contributed by atoms with Crippen molar-refractivity contribution < 1.29 is 4.79 Å². The van der Waals surface area contributed by atoms with Crippen LogP contribution in [0.2, 0.25) is 0 Å². The van der Waals surface area contributed by atoms with Gasteiger partial charge < -0.3 is 15.5 Å². The third-order valence-corrected chi connectivity index (χ3v) is 5.82. The molecule has 0 radical (unpaired) electrons. The van der Waals surface area contributed by atoms with Crippen molar-refractivity contribution >= 4 is 23.5 Å². The number of nitrogens with one attached hydrogen (secondary N) is 2. The third-order valence-electron chi connectivity index (χ3n) is 4.65. The maximum absolute atomic E-state index is 12.2. The second kappa shape index (κ2) is 6.81. The van der Waals surface area contributed by atoms with Crippen LogP contribution in [-0.4, -0.2) is 52.5 Å². The van der Waals surface area contributed by atoms with E-state index in [4.69, 9.17) is 0 Å². The standard InChI is InChI=1S/C15H25N5OS/c1-19-10-12(8-16-19)20-7-6-11(9-20)17-15(21)18-13-4-3-5-14(13)22-2/h8,10-11,13-14H,3-7,9H2,1-2H3,(H2,17,18,21)/t11-,13-,14-/m1/s1. The molecule has 0 unspecified atom stereocenters. The molecule has 1 aromatic heterocycles. The molecule has 1 aliphatic heterocycles. The number of carbonyl (C=O) groups is 1. The van der Waals surface area contributed by atoms with Crippen LogP contribution in [0.1, 0.15) is 25.7 Å². The summed E-state index contributed by atoms with van der Waals surface area (Å²) in [4.78, 5) is 14.5. The molecule has 0 bridgehead atoms. The molecule has 22 heavy (non-hydrogen) atoms. The van der Waals surface area contributed by atoms with Crippen LogP contribution in [0, 0.1) is 0 Å². The molecule has 1 saturated heterocycles. The highest BCUT2D eigenvalue weighted by Gasteiger charge is 2.29. The fourth-order valence-electron chi connectivity index (χ4n) is 3.45. The predicted molar refractivity (Wildman–Crippen MR) is 90.4 cm³/mol. The van der Waals surface area contributed by atoms with Crippen molar-refractivity contribution in [2.45, 2.75) is 43.0 Å². The van der Waals surface area contributed by atoms with Crippen LogP contribution in [0.3, 0.4) is 0 Å². The van der Waals surface area contributed by atoms with E-state index in [0.29, 0.717) is 11.3 Å². The first kappa shape index (κ1) is 15.5. The summed E-state index contributed by atoms with van der Waals surface area (Å²) >= 11 is 1.87. The number of hydrogen-bond donors (Lipinski definition) is 2. The topological polar surface area (TPSA) is 62.2 Å². The fourth-order valence-corrected chi connectivity index (χ4v) is 4.39. The van der Waals surface area contributed by atoms with E-state index in [-0.39, 0.29) is 12.1 Å². The van der Waals surface area contributed by atoms with E-state index in [0.717, 1.165) is 31.6 Å². The van der Waals surface area contributed by atoms with E-state index in [2.05, 4.69) is 26.9 Å². The highest BCUT2D eigenvalue weighted by molar-refractivity contribution is 7.99. The number of hydrogen-bond acceptors (Lipinski definition) is 4. The summed E-state index contributed by atoms with van der Waals surface area (Å²) in [6.45, 7) is 1.82. The normalized spacial score (nSPS) is 28.1. The van der Waals surface area contributed by atoms with Gasteiger partial charge in [0.15, 0.2) is 0 Å². The molecule has 7 heteroatoms. The number of aryl methyl sites for hydroxylation is 1. The molecule has 2 aliphatic rings. The van der Waals surface area contributed by atoms with Crippen molar-refractivity contribution in [2.24, 2.45) is 7.05 Å². The van der Waals surface area contributed by atoms with E-state index in [1.807, 2.05) is 35.9 Å². The van der Waals surface area contributed by atoms with Gasteiger partial charge in [0.2, 0.25) is 0 Å². The Hall–Kier alpha value is -1.37. The molecule has 2 N–H and O–H groups in total. The minimum absolute atomic E-state index is 0.0102. The Bertz CT molecular complexity index is 520. The molecule has 6 nitrogen and oxygen atoms in total. The lowest BCUT2D eigenvalue weighted by atomic mass is 10.2. The summed E-state index contributed by atoms with van der Waals surface area (Å²) in [6.07, 6.45) is 10.5. The van der Waals surface area contributed by atoms with Crippen molar-refractivity contribution in [3.8, 4) is 0 Å². The van der Waals surface area contributed by atoms with E-state index in [1.54, 1.807) is 0 Å². The van der Waals surface area contributed by atoms with Crippen molar-refractivity contribution in [2.75, 3.05) is 24.2 Å². The van der Waals surface area contributed by atoms with Crippen LogP contribution in [0.15, 0.2) is 12.4 Å². The fraction of sp³-hybridized carbons (Fsp3) is 0.733. The van der Waals surface area contributed by atoms with Crippen LogP contribution in [0.25, 0.3) is 0 Å². The van der Waals surface area contributed by atoms with Gasteiger partial charge in [-0.1, -0.05) is 6.42 Å². The molecule has 0 aromatic carbocycles. The molecule has 1 aromatic rings. The molecule has 1 saturated carbocycles. The molecule has 2 heterocycles. The smallest absolute Gasteiger partial charge is 0.315 e. The van der Waals surface area contributed by atoms with Crippen LogP contribution in [-0.2, 0) is 7.05 Å². The average molecular weight is 323 g/mol. The zero-order valence-corrected chi connectivity index (χ0v) is 14.1. The maximum atomic E-state index is 12.2. The second-order valence-corrected chi connectivity index (χ2v) is 7.31. The lowest BCUT2D eigenvalue weighted by molar-refractivity contribution is 0.234. The molecule has 2 amide bonds. The summed E-state index contributed by atoms with van der Waals surface area (Å²) in [6, 6.07) is 0.532. The minimum atomic E-state index is -0.0102. The summed E-state index contributed by atoms with van der Waals surface area (Å²) in [5.41, 5.74) is 1.13. The quantitative estimate of drug-likeness (QED) is 0.883. The van der Waals surface area contributed by atoms with Crippen LogP contribution < -0.4 is 15.5 Å². The van der Waals surface area contributed by atoms with E-state index >= 15 is 0 Å². The van der Waals surface area contributed by atoms with Gasteiger partial charge in [0.05, 0.1) is 11.9 Å². The summed E-state index contributed by atoms with van der Waals surface area (Å²) in [5, 5.41) is 11.1. The second-order valence-electron chi connectivity index (χ2n) is 6.23. The molecule has 3 atom stereocenters. The molecule has 1 aliphatic carbocycles. The average Bonchev–Trinajstić information content (AvgIpc) is 3.19. The van der Waals surface area contributed by atoms with Crippen molar-refractivity contribution in [3.05, 3.63) is 12.4 Å². The van der Waals surface area contributed by atoms with Crippen molar-refractivity contribution in [1.29, 1.82) is 0 Å². The Morgan fingerprint density at radius 2 is 2.23 bits per heavy atom. The Morgan fingerprint density at radius 3 is 2.95 bits per heavy atom. The molecule has 2 fully saturated rings. The Kier molecular flexibility index (Phi) is 4.81. The lowest BCUT2D eigenvalue weighted by Crippen LogP contribution is -2.48. The molecule has 122 valence electrons. The number of rotatable bonds is 4. The molecular weight excluding hydrogens is 298 g/mol. The molecular formula is C15H25N5OS. The lowest BCUT2D eigenvalue weighted by Gasteiger charge is -2.21. The highest BCUT2D eigenvalue weighted by Crippen LogP contribution is 2.28. The number of carbonyl (C=O) groups excluding carboxylic acids is 1. The first-order valence-electron chi connectivity index (χ1n) is 7.99. The van der Waals surface area contributed by atoms with Gasteiger partial charge in [-0.25, -0.2) is 4.79 Å². The van der Waals surface area contributed by atoms with E-state index in [9.17, 15) is 4.79 Å². The van der Waals surface area contributed by atoms with Gasteiger partial charge in [-0.2, -0.15) is 16.9 Å². The zero-order chi connectivity index (χ0) is 15.5. The number of thioether (sulfide) groups is 1. The van der Waals surface area contributed by atoms with Crippen molar-refractivity contribution in [3.63, 3.8) is 0 Å². The monoisotopic (exact) mass is 323 g/mol. The first-order valence-corrected chi connectivity index (χ1v) is 9.28. The summed E-state index contributed by atoms with van der Waals surface area (Å²) in [7, 11) is 1.92. The predicted octanol–water partition coefficient (Wildman–Crippen LogP) is 1.58. The number of anilines is 1. The number of amides is 2. The summed E-state index contributed by atoms with van der Waals surface area (Å²) < 4.78 is 1.81. The first-order chi connectivity index (χ1) is 10.7. The van der Waals surface area contributed by atoms with Gasteiger partial charge >= 0.3 is 6.03 Å². The molecule has 0 spiro atoms.